The first-order chi connectivity index (χ1) is 10.4. The van der Waals surface area contributed by atoms with Gasteiger partial charge in [-0.2, -0.15) is 8.78 Å². The number of para-hydroxylation sites is 1. The monoisotopic (exact) mass is 332 g/mol. The van der Waals surface area contributed by atoms with Crippen LogP contribution in [-0.4, -0.2) is 64.5 Å². The molecule has 8 heteroatoms. The molecule has 2 aliphatic heterocycles. The number of hydrogen-bond donors (Lipinski definition) is 0. The van der Waals surface area contributed by atoms with E-state index in [1.165, 1.54) is 12.1 Å². The minimum atomic E-state index is -4.62. The molecule has 3 rings (SSSR count). The quantitative estimate of drug-likeness (QED) is 0.833. The topological polar surface area (TPSA) is 49.9 Å². The molecule has 0 amide bonds. The van der Waals surface area contributed by atoms with Crippen LogP contribution in [0.2, 0.25) is 0 Å². The van der Waals surface area contributed by atoms with Crippen LogP contribution >= 0.6 is 0 Å². The van der Waals surface area contributed by atoms with Crippen molar-refractivity contribution in [3.63, 3.8) is 0 Å². The van der Waals surface area contributed by atoms with Crippen molar-refractivity contribution in [1.29, 1.82) is 0 Å². The molecule has 0 spiro atoms. The molecule has 2 atom stereocenters. The Hall–Kier alpha value is -1.25. The van der Waals surface area contributed by atoms with Gasteiger partial charge >= 0.3 is 5.76 Å². The van der Waals surface area contributed by atoms with E-state index in [1.807, 2.05) is 11.9 Å². The van der Waals surface area contributed by atoms with E-state index < -0.39 is 15.6 Å². The Morgan fingerprint density at radius 1 is 1.27 bits per heavy atom. The maximum Gasteiger partial charge on any atom is 0.341 e. The van der Waals surface area contributed by atoms with Gasteiger partial charge in [0.2, 0.25) is 9.84 Å². The van der Waals surface area contributed by atoms with E-state index in [4.69, 9.17) is 4.74 Å². The lowest BCUT2D eigenvalue weighted by molar-refractivity contribution is -0.0362. The van der Waals surface area contributed by atoms with E-state index >= 15 is 0 Å². The average molecular weight is 332 g/mol. The van der Waals surface area contributed by atoms with Crippen LogP contribution in [0.3, 0.4) is 0 Å². The van der Waals surface area contributed by atoms with E-state index in [0.29, 0.717) is 25.4 Å². The van der Waals surface area contributed by atoms with Gasteiger partial charge in [-0.15, -0.1) is 0 Å². The first kappa shape index (κ1) is 15.6. The maximum atomic E-state index is 12.9. The Balaban J connectivity index is 1.94. The number of anilines is 1. The SMILES string of the molecule is CN1CCOC2CN(c3ccccc3S(=O)(=O)C(F)F)CC21. The van der Waals surface area contributed by atoms with Crippen LogP contribution in [0.1, 0.15) is 0 Å². The predicted molar refractivity (Wildman–Crippen MR) is 78.0 cm³/mol. The third-order valence-electron chi connectivity index (χ3n) is 4.33. The first-order valence-corrected chi connectivity index (χ1v) is 8.64. The van der Waals surface area contributed by atoms with Crippen molar-refractivity contribution in [3.8, 4) is 0 Å². The van der Waals surface area contributed by atoms with Crippen molar-refractivity contribution in [2.75, 3.05) is 38.2 Å². The number of benzene rings is 1. The van der Waals surface area contributed by atoms with Gasteiger partial charge in [-0.3, -0.25) is 4.90 Å². The maximum absolute atomic E-state index is 12.9. The summed E-state index contributed by atoms with van der Waals surface area (Å²) in [5.74, 6) is -3.42. The van der Waals surface area contributed by atoms with Gasteiger partial charge in [0.05, 0.1) is 29.3 Å². The van der Waals surface area contributed by atoms with Gasteiger partial charge in [0.25, 0.3) is 0 Å². The zero-order valence-corrected chi connectivity index (χ0v) is 13.0. The predicted octanol–water partition coefficient (Wildman–Crippen LogP) is 1.20. The number of sulfone groups is 1. The average Bonchev–Trinajstić information content (AvgIpc) is 2.92. The van der Waals surface area contributed by atoms with Crippen molar-refractivity contribution in [1.82, 2.24) is 4.90 Å². The molecule has 0 bridgehead atoms. The van der Waals surface area contributed by atoms with Crippen LogP contribution in [-0.2, 0) is 14.6 Å². The zero-order valence-electron chi connectivity index (χ0n) is 12.2. The molecule has 0 N–H and O–H groups in total. The number of likely N-dealkylation sites (N-methyl/N-ethyl adjacent to an activating group) is 1. The molecule has 0 radical (unpaired) electrons. The Morgan fingerprint density at radius 3 is 2.68 bits per heavy atom. The summed E-state index contributed by atoms with van der Waals surface area (Å²) in [6.07, 6.45) is -0.0268. The molecule has 1 aromatic carbocycles. The van der Waals surface area contributed by atoms with E-state index in [0.717, 1.165) is 6.54 Å². The lowest BCUT2D eigenvalue weighted by Crippen LogP contribution is -2.48. The molecule has 2 aliphatic rings. The van der Waals surface area contributed by atoms with Gasteiger partial charge < -0.3 is 9.64 Å². The Kier molecular flexibility index (Phi) is 4.09. The van der Waals surface area contributed by atoms with Crippen molar-refractivity contribution < 1.29 is 21.9 Å². The summed E-state index contributed by atoms with van der Waals surface area (Å²) in [5, 5.41) is 0. The fourth-order valence-electron chi connectivity index (χ4n) is 3.11. The summed E-state index contributed by atoms with van der Waals surface area (Å²) in [6, 6.07) is 6.09. The van der Waals surface area contributed by atoms with Gasteiger partial charge in [-0.1, -0.05) is 12.1 Å². The molecule has 5 nitrogen and oxygen atoms in total. The highest BCUT2D eigenvalue weighted by atomic mass is 32.2. The number of fused-ring (bicyclic) bond motifs is 1. The molecular formula is C14H18F2N2O3S. The van der Waals surface area contributed by atoms with Gasteiger partial charge in [-0.25, -0.2) is 8.42 Å². The van der Waals surface area contributed by atoms with Crippen molar-refractivity contribution >= 4 is 15.5 Å². The van der Waals surface area contributed by atoms with Crippen LogP contribution in [0.4, 0.5) is 14.5 Å². The third-order valence-corrected chi connectivity index (χ3v) is 5.75. The first-order valence-electron chi connectivity index (χ1n) is 7.09. The van der Waals surface area contributed by atoms with Crippen LogP contribution in [0.15, 0.2) is 29.2 Å². The number of rotatable bonds is 3. The van der Waals surface area contributed by atoms with Crippen molar-refractivity contribution in [2.24, 2.45) is 0 Å². The molecule has 122 valence electrons. The summed E-state index contributed by atoms with van der Waals surface area (Å²) in [6.45, 7) is 2.51. The molecule has 0 aliphatic carbocycles. The Morgan fingerprint density at radius 2 is 2.00 bits per heavy atom. The molecular weight excluding hydrogens is 314 g/mol. The molecule has 0 saturated carbocycles. The third kappa shape index (κ3) is 2.59. The Bertz CT molecular complexity index is 653. The number of morpholine rings is 1. The number of alkyl halides is 2. The normalized spacial score (nSPS) is 26.5. The standard InChI is InChI=1S/C14H18F2N2O3S/c1-17-6-7-21-12-9-18(8-11(12)17)10-4-2-3-5-13(10)22(19,20)14(15)16/h2-5,11-12,14H,6-9H2,1H3. The number of ether oxygens (including phenoxy) is 1. The second-order valence-electron chi connectivity index (χ2n) is 5.64. The van der Waals surface area contributed by atoms with Gasteiger partial charge in [0.15, 0.2) is 0 Å². The van der Waals surface area contributed by atoms with E-state index in [2.05, 4.69) is 4.90 Å². The van der Waals surface area contributed by atoms with Crippen LogP contribution < -0.4 is 4.90 Å². The number of halogens is 2. The molecule has 22 heavy (non-hydrogen) atoms. The lowest BCUT2D eigenvalue weighted by atomic mass is 10.1. The van der Waals surface area contributed by atoms with E-state index in [-0.39, 0.29) is 17.0 Å². The highest BCUT2D eigenvalue weighted by Gasteiger charge is 2.40. The number of nitrogens with zero attached hydrogens (tertiary/aromatic N) is 2. The zero-order chi connectivity index (χ0) is 15.9. The van der Waals surface area contributed by atoms with Gasteiger partial charge in [0.1, 0.15) is 0 Å². The lowest BCUT2D eigenvalue weighted by Gasteiger charge is -2.33. The number of hydrogen-bond acceptors (Lipinski definition) is 5. The van der Waals surface area contributed by atoms with E-state index in [9.17, 15) is 17.2 Å². The minimum absolute atomic E-state index is 0.0268. The Labute approximate surface area is 128 Å². The molecule has 0 aromatic heterocycles. The van der Waals surface area contributed by atoms with Gasteiger partial charge in [0, 0.05) is 19.6 Å². The largest absolute Gasteiger partial charge is 0.373 e. The van der Waals surface area contributed by atoms with Crippen LogP contribution in [0.5, 0.6) is 0 Å². The van der Waals surface area contributed by atoms with Crippen LogP contribution in [0, 0.1) is 0 Å². The summed E-state index contributed by atoms with van der Waals surface area (Å²) >= 11 is 0. The van der Waals surface area contributed by atoms with Gasteiger partial charge in [-0.05, 0) is 19.2 Å². The summed E-state index contributed by atoms with van der Waals surface area (Å²) in [4.78, 5) is 3.68. The second kappa shape index (κ2) is 5.75. The highest BCUT2D eigenvalue weighted by Crippen LogP contribution is 2.33. The fraction of sp³-hybridized carbons (Fsp3) is 0.571. The molecule has 2 heterocycles. The minimum Gasteiger partial charge on any atom is -0.373 e. The summed E-state index contributed by atoms with van der Waals surface area (Å²) in [7, 11) is -2.63. The van der Waals surface area contributed by atoms with Crippen molar-refractivity contribution in [2.45, 2.75) is 22.8 Å². The molecule has 2 unspecified atom stereocenters. The molecule has 2 saturated heterocycles. The fourth-order valence-corrected chi connectivity index (χ4v) is 4.06. The smallest absolute Gasteiger partial charge is 0.341 e. The van der Waals surface area contributed by atoms with Crippen LogP contribution in [0.25, 0.3) is 0 Å². The molecule has 1 aromatic rings. The summed E-state index contributed by atoms with van der Waals surface area (Å²) in [5.41, 5.74) is 0.328. The second-order valence-corrected chi connectivity index (χ2v) is 7.52. The van der Waals surface area contributed by atoms with E-state index in [1.54, 1.807) is 12.1 Å². The molecule has 2 fully saturated rings. The highest BCUT2D eigenvalue weighted by molar-refractivity contribution is 7.91. The van der Waals surface area contributed by atoms with Crippen molar-refractivity contribution in [3.05, 3.63) is 24.3 Å². The summed E-state index contributed by atoms with van der Waals surface area (Å²) < 4.78 is 55.2.